The summed E-state index contributed by atoms with van der Waals surface area (Å²) in [6.45, 7) is 2.41. The van der Waals surface area contributed by atoms with Crippen LogP contribution in [0, 0.1) is 11.3 Å². The lowest BCUT2D eigenvalue weighted by atomic mass is 9.78. The summed E-state index contributed by atoms with van der Waals surface area (Å²) in [7, 11) is 0. The van der Waals surface area contributed by atoms with E-state index < -0.39 is 0 Å². The molecule has 0 aromatic heterocycles. The molecular formula is C27H38ClN3O3. The largest absolute Gasteiger partial charge is 0.393 e. The maximum atomic E-state index is 13.6. The van der Waals surface area contributed by atoms with Crippen LogP contribution >= 0.6 is 11.6 Å². The number of aliphatic hydroxyl groups is 1. The van der Waals surface area contributed by atoms with Crippen LogP contribution in [0.1, 0.15) is 77.0 Å². The molecule has 2 aliphatic heterocycles. The Hall–Kier alpha value is -1.79. The number of aliphatic hydroxyl groups excluding tert-OH is 1. The van der Waals surface area contributed by atoms with Crippen LogP contribution in [0.5, 0.6) is 0 Å². The van der Waals surface area contributed by atoms with Crippen LogP contribution in [0.2, 0.25) is 5.02 Å². The van der Waals surface area contributed by atoms with Gasteiger partial charge < -0.3 is 20.2 Å². The second-order valence-corrected chi connectivity index (χ2v) is 11.4. The quantitative estimate of drug-likeness (QED) is 0.628. The van der Waals surface area contributed by atoms with Crippen molar-refractivity contribution in [2.24, 2.45) is 11.3 Å². The van der Waals surface area contributed by atoms with Gasteiger partial charge in [0.2, 0.25) is 11.8 Å². The van der Waals surface area contributed by atoms with Crippen molar-refractivity contribution >= 4 is 34.8 Å². The van der Waals surface area contributed by atoms with Crippen LogP contribution in [0.4, 0.5) is 11.4 Å². The fraction of sp³-hybridized carbons (Fsp3) is 0.704. The molecule has 2 N–H and O–H groups in total. The molecule has 186 valence electrons. The molecule has 2 heterocycles. The molecule has 1 aromatic rings. The number of amides is 2. The van der Waals surface area contributed by atoms with E-state index in [0.717, 1.165) is 95.1 Å². The first-order chi connectivity index (χ1) is 16.4. The number of benzene rings is 1. The van der Waals surface area contributed by atoms with Crippen molar-refractivity contribution < 1.29 is 14.7 Å². The van der Waals surface area contributed by atoms with Gasteiger partial charge in [-0.3, -0.25) is 9.59 Å². The van der Waals surface area contributed by atoms with Gasteiger partial charge in [0.05, 0.1) is 22.2 Å². The van der Waals surface area contributed by atoms with Gasteiger partial charge in [-0.15, -0.1) is 0 Å². The van der Waals surface area contributed by atoms with Crippen molar-refractivity contribution in [2.45, 2.75) is 89.2 Å². The molecule has 0 radical (unpaired) electrons. The van der Waals surface area contributed by atoms with Gasteiger partial charge in [0, 0.05) is 37.3 Å². The summed E-state index contributed by atoms with van der Waals surface area (Å²) in [4.78, 5) is 30.6. The highest BCUT2D eigenvalue weighted by atomic mass is 35.5. The van der Waals surface area contributed by atoms with Crippen molar-refractivity contribution in [3.05, 3.63) is 23.2 Å². The Labute approximate surface area is 208 Å². The molecule has 6 nitrogen and oxygen atoms in total. The summed E-state index contributed by atoms with van der Waals surface area (Å²) in [5.74, 6) is 0.510. The number of piperidine rings is 1. The summed E-state index contributed by atoms with van der Waals surface area (Å²) >= 11 is 6.72. The zero-order valence-electron chi connectivity index (χ0n) is 20.1. The van der Waals surface area contributed by atoms with E-state index in [1.807, 2.05) is 18.2 Å². The van der Waals surface area contributed by atoms with Crippen molar-refractivity contribution in [3.63, 3.8) is 0 Å². The minimum atomic E-state index is -0.328. The maximum Gasteiger partial charge on any atom is 0.230 e. The van der Waals surface area contributed by atoms with Crippen LogP contribution in [-0.4, -0.2) is 53.6 Å². The van der Waals surface area contributed by atoms with E-state index in [1.54, 1.807) is 0 Å². The van der Waals surface area contributed by atoms with Crippen molar-refractivity contribution in [1.82, 2.24) is 4.90 Å². The Morgan fingerprint density at radius 3 is 2.50 bits per heavy atom. The highest BCUT2D eigenvalue weighted by Crippen LogP contribution is 2.44. The predicted octanol–water partition coefficient (Wildman–Crippen LogP) is 4.98. The van der Waals surface area contributed by atoms with Crippen molar-refractivity contribution in [3.8, 4) is 0 Å². The molecule has 0 bridgehead atoms. The first-order valence-electron chi connectivity index (χ1n) is 13.3. The topological polar surface area (TPSA) is 72.9 Å². The van der Waals surface area contributed by atoms with E-state index in [0.29, 0.717) is 17.5 Å². The maximum absolute atomic E-state index is 13.6. The lowest BCUT2D eigenvalue weighted by molar-refractivity contribution is -0.139. The Balaban J connectivity index is 1.24. The number of halogens is 1. The molecule has 2 amide bonds. The molecular weight excluding hydrogens is 450 g/mol. The van der Waals surface area contributed by atoms with E-state index in [-0.39, 0.29) is 29.4 Å². The van der Waals surface area contributed by atoms with Gasteiger partial charge in [0.25, 0.3) is 0 Å². The number of hydrogen-bond donors (Lipinski definition) is 2. The van der Waals surface area contributed by atoms with Gasteiger partial charge in [0.1, 0.15) is 0 Å². The smallest absolute Gasteiger partial charge is 0.230 e. The van der Waals surface area contributed by atoms with E-state index in [9.17, 15) is 14.7 Å². The fourth-order valence-electron chi connectivity index (χ4n) is 6.73. The molecule has 1 spiro atoms. The number of hydrogen-bond acceptors (Lipinski definition) is 4. The molecule has 2 aliphatic carbocycles. The Bertz CT molecular complexity index is 910. The number of carbonyl (C=O) groups excluding carboxylic acids is 2. The van der Waals surface area contributed by atoms with Gasteiger partial charge in [-0.2, -0.15) is 0 Å². The number of likely N-dealkylation sites (tertiary alicyclic amines) is 1. The third-order valence-electron chi connectivity index (χ3n) is 8.76. The number of nitrogens with one attached hydrogen (secondary N) is 1. The summed E-state index contributed by atoms with van der Waals surface area (Å²) in [6, 6.07) is 6.08. The minimum Gasteiger partial charge on any atom is -0.393 e. The molecule has 2 saturated heterocycles. The van der Waals surface area contributed by atoms with Gasteiger partial charge >= 0.3 is 0 Å². The molecule has 0 unspecified atom stereocenters. The average Bonchev–Trinajstić information content (AvgIpc) is 3.15. The summed E-state index contributed by atoms with van der Waals surface area (Å²) in [5, 5.41) is 13.5. The number of anilines is 2. The van der Waals surface area contributed by atoms with E-state index in [1.165, 1.54) is 6.42 Å². The number of rotatable bonds is 4. The minimum absolute atomic E-state index is 0.104. The molecule has 1 atom stereocenters. The first-order valence-corrected chi connectivity index (χ1v) is 13.7. The molecule has 5 rings (SSSR count). The molecule has 34 heavy (non-hydrogen) atoms. The van der Waals surface area contributed by atoms with E-state index in [4.69, 9.17) is 11.6 Å². The normalized spacial score (nSPS) is 30.7. The lowest BCUT2D eigenvalue weighted by Crippen LogP contribution is -2.50. The molecule has 4 aliphatic rings. The molecule has 7 heteroatoms. The highest BCUT2D eigenvalue weighted by Gasteiger charge is 2.50. The van der Waals surface area contributed by atoms with E-state index >= 15 is 0 Å². The highest BCUT2D eigenvalue weighted by molar-refractivity contribution is 6.33. The van der Waals surface area contributed by atoms with Crippen molar-refractivity contribution in [1.29, 1.82) is 0 Å². The second kappa shape index (κ2) is 10.1. The van der Waals surface area contributed by atoms with Crippen LogP contribution in [0.3, 0.4) is 0 Å². The Morgan fingerprint density at radius 2 is 1.76 bits per heavy atom. The average molecular weight is 488 g/mol. The summed E-state index contributed by atoms with van der Waals surface area (Å²) < 4.78 is 0. The zero-order chi connectivity index (χ0) is 23.7. The van der Waals surface area contributed by atoms with Gasteiger partial charge in [-0.25, -0.2) is 0 Å². The molecule has 1 aromatic carbocycles. The Morgan fingerprint density at radius 1 is 1.00 bits per heavy atom. The number of carbonyl (C=O) groups is 2. The van der Waals surface area contributed by atoms with E-state index in [2.05, 4.69) is 15.1 Å². The second-order valence-electron chi connectivity index (χ2n) is 11.0. The SMILES string of the molecule is O=C(Nc1ccc(N2CCC[C@]3(CCN(C4CCC(O)CC4)C3=O)C2)c(Cl)c1)C1CCCCC1. The monoisotopic (exact) mass is 487 g/mol. The number of nitrogens with zero attached hydrogens (tertiary/aromatic N) is 2. The van der Waals surface area contributed by atoms with Crippen LogP contribution < -0.4 is 10.2 Å². The third-order valence-corrected chi connectivity index (χ3v) is 9.06. The van der Waals surface area contributed by atoms with Gasteiger partial charge in [-0.05, 0) is 76.0 Å². The lowest BCUT2D eigenvalue weighted by Gasteiger charge is -2.41. The van der Waals surface area contributed by atoms with Crippen LogP contribution in [0.15, 0.2) is 18.2 Å². The molecule has 2 saturated carbocycles. The van der Waals surface area contributed by atoms with Gasteiger partial charge in [-0.1, -0.05) is 30.9 Å². The Kier molecular flexibility index (Phi) is 7.08. The fourth-order valence-corrected chi connectivity index (χ4v) is 7.03. The summed E-state index contributed by atoms with van der Waals surface area (Å²) in [6.07, 6.45) is 11.5. The van der Waals surface area contributed by atoms with Gasteiger partial charge in [0.15, 0.2) is 0 Å². The standard InChI is InChI=1S/C27H38ClN3O3/c28-23-17-20(29-25(33)19-5-2-1-3-6-19)7-12-24(23)30-15-4-13-27(18-30)14-16-31(26(27)34)21-8-10-22(32)11-9-21/h7,12,17,19,21-22,32H,1-6,8-11,13-16,18H2,(H,29,33)/t21?,22?,27-/m0/s1. The summed E-state index contributed by atoms with van der Waals surface area (Å²) in [5.41, 5.74) is 1.37. The molecule has 4 fully saturated rings. The van der Waals surface area contributed by atoms with Crippen LogP contribution in [-0.2, 0) is 9.59 Å². The van der Waals surface area contributed by atoms with Crippen LogP contribution in [0.25, 0.3) is 0 Å². The van der Waals surface area contributed by atoms with Crippen molar-refractivity contribution in [2.75, 3.05) is 29.9 Å². The zero-order valence-corrected chi connectivity index (χ0v) is 20.9. The predicted molar refractivity (Wildman–Crippen MR) is 135 cm³/mol. The third kappa shape index (κ3) is 4.81. The first kappa shape index (κ1) is 23.9.